The maximum Gasteiger partial charge on any atom is 0.0442 e. The van der Waals surface area contributed by atoms with Crippen LogP contribution in [-0.4, -0.2) is 13.4 Å². The van der Waals surface area contributed by atoms with Crippen LogP contribution in [0.3, 0.4) is 0 Å². The van der Waals surface area contributed by atoms with E-state index in [1.807, 2.05) is 0 Å². The second-order valence-electron chi connectivity index (χ2n) is 6.89. The van der Waals surface area contributed by atoms with Crippen molar-refractivity contribution in [3.05, 3.63) is 0 Å². The Bertz CT molecular complexity index is 163. The summed E-state index contributed by atoms with van der Waals surface area (Å²) in [4.78, 5) is 0. The van der Waals surface area contributed by atoms with Gasteiger partial charge >= 0.3 is 0 Å². The van der Waals surface area contributed by atoms with E-state index < -0.39 is 8.07 Å². The molecule has 0 unspecified atom stereocenters. The van der Waals surface area contributed by atoms with Crippen molar-refractivity contribution in [2.45, 2.75) is 96.3 Å². The maximum atomic E-state index is 3.49. The number of hydrogen-bond acceptors (Lipinski definition) is 0. The number of halogens is 1. The first-order valence-corrected chi connectivity index (χ1v) is 12.9. The number of alkyl halides is 1. The predicted octanol–water partition coefficient (Wildman–Crippen LogP) is 7.01. The summed E-state index contributed by atoms with van der Waals surface area (Å²) in [6, 6.07) is 1.53. The van der Waals surface area contributed by atoms with Crippen LogP contribution >= 0.6 is 15.9 Å². The molecule has 0 aromatic carbocycles. The minimum Gasteiger partial charge on any atom is -0.0928 e. The Morgan fingerprint density at radius 3 is 1.22 bits per heavy atom. The topological polar surface area (TPSA) is 0 Å². The molecule has 0 rings (SSSR count). The Labute approximate surface area is 125 Å². The van der Waals surface area contributed by atoms with Gasteiger partial charge in [-0.05, 0) is 6.42 Å². The molecular formula is C16H35BrSi. The summed E-state index contributed by atoms with van der Waals surface area (Å²) in [5, 5.41) is 1.18. The average molecular weight is 335 g/mol. The second-order valence-corrected chi connectivity index (χ2v) is 13.3. The highest BCUT2D eigenvalue weighted by atomic mass is 79.9. The molecule has 18 heavy (non-hydrogen) atoms. The van der Waals surface area contributed by atoms with E-state index in [-0.39, 0.29) is 0 Å². The highest BCUT2D eigenvalue weighted by Gasteiger charge is 2.11. The van der Waals surface area contributed by atoms with Crippen LogP contribution < -0.4 is 0 Å². The molecule has 0 heterocycles. The monoisotopic (exact) mass is 334 g/mol. The van der Waals surface area contributed by atoms with Crippen LogP contribution in [0.25, 0.3) is 0 Å². The van der Waals surface area contributed by atoms with Gasteiger partial charge in [0.05, 0.1) is 0 Å². The fraction of sp³-hybridized carbons (Fsp3) is 1.00. The minimum atomic E-state index is -0.758. The smallest absolute Gasteiger partial charge is 0.0442 e. The van der Waals surface area contributed by atoms with Crippen molar-refractivity contribution >= 4 is 24.0 Å². The van der Waals surface area contributed by atoms with E-state index in [1.54, 1.807) is 0 Å². The van der Waals surface area contributed by atoms with Crippen LogP contribution in [0.2, 0.25) is 25.7 Å². The van der Waals surface area contributed by atoms with E-state index in [4.69, 9.17) is 0 Å². The zero-order valence-electron chi connectivity index (χ0n) is 13.1. The first-order chi connectivity index (χ1) is 8.56. The van der Waals surface area contributed by atoms with Crippen LogP contribution in [-0.2, 0) is 0 Å². The molecule has 0 saturated carbocycles. The van der Waals surface area contributed by atoms with Crippen molar-refractivity contribution < 1.29 is 0 Å². The molecule has 0 saturated heterocycles. The molecule has 110 valence electrons. The van der Waals surface area contributed by atoms with Gasteiger partial charge in [0.2, 0.25) is 0 Å². The zero-order valence-corrected chi connectivity index (χ0v) is 15.7. The first kappa shape index (κ1) is 18.7. The summed E-state index contributed by atoms with van der Waals surface area (Å²) in [6.07, 6.45) is 16.0. The van der Waals surface area contributed by atoms with Crippen molar-refractivity contribution in [3.63, 3.8) is 0 Å². The molecule has 0 nitrogen and oxygen atoms in total. The van der Waals surface area contributed by atoms with Gasteiger partial charge in [0, 0.05) is 13.4 Å². The number of unbranched alkanes of at least 4 members (excludes halogenated alkanes) is 10. The summed E-state index contributed by atoms with van der Waals surface area (Å²) in [5.41, 5.74) is 0. The summed E-state index contributed by atoms with van der Waals surface area (Å²) in [6.45, 7) is 7.47. The average Bonchev–Trinajstić information content (AvgIpc) is 2.29. The van der Waals surface area contributed by atoms with E-state index in [2.05, 4.69) is 35.6 Å². The van der Waals surface area contributed by atoms with Crippen molar-refractivity contribution in [3.8, 4) is 0 Å². The van der Waals surface area contributed by atoms with E-state index in [0.29, 0.717) is 0 Å². The summed E-state index contributed by atoms with van der Waals surface area (Å²) in [5.74, 6) is 0. The molecule has 2 heteroatoms. The molecule has 0 aliphatic rings. The molecule has 0 amide bonds. The molecule has 0 aromatic rings. The van der Waals surface area contributed by atoms with Gasteiger partial charge in [-0.2, -0.15) is 0 Å². The molecule has 0 aliphatic heterocycles. The standard InChI is InChI=1S/C16H35BrSi/c1-18(2,3)16-14-12-10-8-6-4-5-7-9-11-13-15-17/h4-16H2,1-3H3. The minimum absolute atomic E-state index is 0.758. The third-order valence-electron chi connectivity index (χ3n) is 3.56. The Kier molecular flexibility index (Phi) is 13.2. The molecule has 0 radical (unpaired) electrons. The van der Waals surface area contributed by atoms with E-state index in [9.17, 15) is 0 Å². The highest BCUT2D eigenvalue weighted by Crippen LogP contribution is 2.16. The fourth-order valence-electron chi connectivity index (χ4n) is 2.34. The third-order valence-corrected chi connectivity index (χ3v) is 5.97. The molecule has 0 aliphatic carbocycles. The van der Waals surface area contributed by atoms with Crippen LogP contribution in [0.4, 0.5) is 0 Å². The van der Waals surface area contributed by atoms with E-state index in [0.717, 1.165) is 0 Å². The summed E-state index contributed by atoms with van der Waals surface area (Å²) < 4.78 is 0. The summed E-state index contributed by atoms with van der Waals surface area (Å²) >= 11 is 3.49. The van der Waals surface area contributed by atoms with Gasteiger partial charge in [-0.3, -0.25) is 0 Å². The predicted molar refractivity (Wildman–Crippen MR) is 92.7 cm³/mol. The van der Waals surface area contributed by atoms with Gasteiger partial charge in [0.25, 0.3) is 0 Å². The zero-order chi connectivity index (χ0) is 13.7. The van der Waals surface area contributed by atoms with E-state index >= 15 is 0 Å². The Morgan fingerprint density at radius 1 is 0.556 bits per heavy atom. The van der Waals surface area contributed by atoms with Crippen LogP contribution in [0.5, 0.6) is 0 Å². The van der Waals surface area contributed by atoms with Crippen molar-refractivity contribution in [1.82, 2.24) is 0 Å². The highest BCUT2D eigenvalue weighted by molar-refractivity contribution is 9.09. The van der Waals surface area contributed by atoms with Gasteiger partial charge in [-0.1, -0.05) is 106 Å². The SMILES string of the molecule is C[Si](C)(C)CCCCCCCCCCCCCBr. The number of rotatable bonds is 13. The normalized spacial score (nSPS) is 12.0. The molecule has 0 atom stereocenters. The van der Waals surface area contributed by atoms with Crippen LogP contribution in [0, 0.1) is 0 Å². The lowest BCUT2D eigenvalue weighted by molar-refractivity contribution is 0.554. The van der Waals surface area contributed by atoms with Crippen LogP contribution in [0.15, 0.2) is 0 Å². The Morgan fingerprint density at radius 2 is 0.889 bits per heavy atom. The second kappa shape index (κ2) is 12.7. The molecule has 0 spiro atoms. The van der Waals surface area contributed by atoms with Crippen molar-refractivity contribution in [1.29, 1.82) is 0 Å². The fourth-order valence-corrected chi connectivity index (χ4v) is 4.05. The van der Waals surface area contributed by atoms with Gasteiger partial charge in [0.15, 0.2) is 0 Å². The van der Waals surface area contributed by atoms with Crippen molar-refractivity contribution in [2.75, 3.05) is 5.33 Å². The van der Waals surface area contributed by atoms with Crippen LogP contribution in [0.1, 0.15) is 70.6 Å². The molecular weight excluding hydrogens is 300 g/mol. The largest absolute Gasteiger partial charge is 0.0928 e. The maximum absolute atomic E-state index is 3.49. The van der Waals surface area contributed by atoms with Gasteiger partial charge in [-0.15, -0.1) is 0 Å². The lowest BCUT2D eigenvalue weighted by atomic mass is 10.1. The molecule has 0 bridgehead atoms. The van der Waals surface area contributed by atoms with Crippen molar-refractivity contribution in [2.24, 2.45) is 0 Å². The molecule has 0 aromatic heterocycles. The van der Waals surface area contributed by atoms with E-state index in [1.165, 1.54) is 82.0 Å². The first-order valence-electron chi connectivity index (χ1n) is 8.12. The Hall–Kier alpha value is 0.697. The van der Waals surface area contributed by atoms with Gasteiger partial charge in [-0.25, -0.2) is 0 Å². The lowest BCUT2D eigenvalue weighted by Gasteiger charge is -2.14. The number of hydrogen-bond donors (Lipinski definition) is 0. The van der Waals surface area contributed by atoms with Gasteiger partial charge in [0.1, 0.15) is 0 Å². The quantitative estimate of drug-likeness (QED) is 0.193. The molecule has 0 fully saturated rings. The molecule has 0 N–H and O–H groups in total. The summed E-state index contributed by atoms with van der Waals surface area (Å²) in [7, 11) is -0.758. The van der Waals surface area contributed by atoms with Gasteiger partial charge < -0.3 is 0 Å². The lowest BCUT2D eigenvalue weighted by Crippen LogP contribution is -2.18. The Balaban J connectivity index is 2.99. The third kappa shape index (κ3) is 16.7.